The Hall–Kier alpha value is -1.79. The second kappa shape index (κ2) is 24.3. The first kappa shape index (κ1) is 36.2. The van der Waals surface area contributed by atoms with Crippen molar-refractivity contribution in [2.75, 3.05) is 27.2 Å². The van der Waals surface area contributed by atoms with Gasteiger partial charge in [-0.15, -0.1) is 12.4 Å². The predicted molar refractivity (Wildman–Crippen MR) is 162 cm³/mol. The van der Waals surface area contributed by atoms with E-state index in [0.29, 0.717) is 25.5 Å². The van der Waals surface area contributed by atoms with Crippen molar-refractivity contribution in [1.82, 2.24) is 10.2 Å². The van der Waals surface area contributed by atoms with Gasteiger partial charge in [0.25, 0.3) is 0 Å². The molecule has 0 bridgehead atoms. The molecule has 0 radical (unpaired) electrons. The number of amides is 2. The molecule has 0 saturated carbocycles. The number of halogens is 1. The topological polar surface area (TPSA) is 84.7 Å². The maximum Gasteiger partial charge on any atom is 0.407 e. The molecule has 0 aliphatic heterocycles. The monoisotopic (exact) mass is 553 g/mol. The molecule has 2 amide bonds. The highest BCUT2D eigenvalue weighted by Gasteiger charge is 2.15. The Kier molecular flexibility index (Phi) is 23.1. The number of nitrogens with zero attached hydrogens (tertiary/aromatic N) is 1. The quantitative estimate of drug-likeness (QED) is 0.136. The lowest BCUT2D eigenvalue weighted by molar-refractivity contribution is -0.118. The lowest BCUT2D eigenvalue weighted by Gasteiger charge is -2.20. The molecule has 0 fully saturated rings. The molecule has 1 unspecified atom stereocenters. The summed E-state index contributed by atoms with van der Waals surface area (Å²) in [4.78, 5) is 24.8. The first-order valence-corrected chi connectivity index (χ1v) is 14.9. The van der Waals surface area contributed by atoms with Crippen LogP contribution in [0.25, 0.3) is 0 Å². The molecule has 220 valence electrons. The normalized spacial score (nSPS) is 11.7. The molecule has 0 aliphatic rings. The van der Waals surface area contributed by atoms with Gasteiger partial charge in [0.2, 0.25) is 5.91 Å². The number of nitrogens with two attached hydrogens (primary N) is 1. The van der Waals surface area contributed by atoms with Crippen molar-refractivity contribution in [2.45, 2.75) is 122 Å². The molecule has 1 rings (SSSR count). The van der Waals surface area contributed by atoms with Crippen molar-refractivity contribution in [1.29, 1.82) is 0 Å². The van der Waals surface area contributed by atoms with Crippen LogP contribution in [0.1, 0.15) is 127 Å². The van der Waals surface area contributed by atoms with E-state index in [-0.39, 0.29) is 24.4 Å². The second-order valence-electron chi connectivity index (χ2n) is 10.7. The van der Waals surface area contributed by atoms with Gasteiger partial charge in [-0.25, -0.2) is 4.79 Å². The van der Waals surface area contributed by atoms with E-state index in [9.17, 15) is 9.59 Å². The molecule has 0 heterocycles. The van der Waals surface area contributed by atoms with Gasteiger partial charge in [0, 0.05) is 19.5 Å². The van der Waals surface area contributed by atoms with Gasteiger partial charge in [-0.05, 0) is 50.4 Å². The number of carbonyl (C=O) groups is 2. The molecule has 1 atom stereocenters. The minimum atomic E-state index is -0.344. The zero-order chi connectivity index (χ0) is 27.1. The van der Waals surface area contributed by atoms with E-state index in [1.54, 1.807) is 0 Å². The summed E-state index contributed by atoms with van der Waals surface area (Å²) in [6.07, 6.45) is 18.9. The summed E-state index contributed by atoms with van der Waals surface area (Å²) in [6, 6.07) is 8.48. The van der Waals surface area contributed by atoms with Gasteiger partial charge in [-0.3, -0.25) is 4.79 Å². The number of likely N-dealkylation sites (N-methyl/N-ethyl adjacent to an activating group) is 1. The number of rotatable bonds is 23. The summed E-state index contributed by atoms with van der Waals surface area (Å²) in [6.45, 7) is 3.97. The van der Waals surface area contributed by atoms with Crippen LogP contribution in [0.15, 0.2) is 24.3 Å². The number of ether oxygens (including phenoxy) is 1. The fraction of sp³-hybridized carbons (Fsp3) is 0.742. The number of benzene rings is 1. The van der Waals surface area contributed by atoms with E-state index in [0.717, 1.165) is 31.4 Å². The van der Waals surface area contributed by atoms with Gasteiger partial charge in [0.15, 0.2) is 0 Å². The van der Waals surface area contributed by atoms with E-state index in [4.69, 9.17) is 10.5 Å². The molecule has 3 N–H and O–H groups in total. The standard InChI is InChI=1S/C31H55N3O3.ClH/c1-4-19-27(20-15-13-11-9-7-5-6-8-10-12-14-16-23-30(32)35)29-22-18-17-21-28(29)26-37-31(36)33-24-25-34(2)3;/h17-18,21-22,27H,4-16,19-20,23-26H2,1-3H3,(H2,32,35)(H,33,36);1H. The number of carbonyl (C=O) groups excluding carboxylic acids is 2. The number of alkyl carbamates (subject to hydrolysis) is 1. The third-order valence-electron chi connectivity index (χ3n) is 7.04. The van der Waals surface area contributed by atoms with E-state index in [1.165, 1.54) is 82.6 Å². The van der Waals surface area contributed by atoms with Crippen molar-refractivity contribution in [3.05, 3.63) is 35.4 Å². The highest BCUT2D eigenvalue weighted by molar-refractivity contribution is 5.85. The number of hydrogen-bond donors (Lipinski definition) is 2. The maximum atomic E-state index is 12.1. The van der Waals surface area contributed by atoms with E-state index >= 15 is 0 Å². The summed E-state index contributed by atoms with van der Waals surface area (Å²) in [5.41, 5.74) is 7.66. The number of primary amides is 1. The molecule has 1 aromatic rings. The van der Waals surface area contributed by atoms with Crippen LogP contribution in [0.4, 0.5) is 4.79 Å². The Balaban J connectivity index is 0.0000137. The molecular formula is C31H56ClN3O3. The van der Waals surface area contributed by atoms with E-state index < -0.39 is 0 Å². The van der Waals surface area contributed by atoms with Crippen LogP contribution in [-0.4, -0.2) is 44.1 Å². The maximum absolute atomic E-state index is 12.1. The van der Waals surface area contributed by atoms with Gasteiger partial charge < -0.3 is 20.7 Å². The molecule has 0 saturated heterocycles. The van der Waals surface area contributed by atoms with Crippen LogP contribution < -0.4 is 11.1 Å². The molecular weight excluding hydrogens is 498 g/mol. The van der Waals surface area contributed by atoms with Gasteiger partial charge in [0.05, 0.1) is 0 Å². The fourth-order valence-electron chi connectivity index (χ4n) is 4.90. The van der Waals surface area contributed by atoms with Gasteiger partial charge in [-0.2, -0.15) is 0 Å². The Labute approximate surface area is 239 Å². The first-order valence-electron chi connectivity index (χ1n) is 14.9. The van der Waals surface area contributed by atoms with Crippen molar-refractivity contribution >= 4 is 24.4 Å². The zero-order valence-electron chi connectivity index (χ0n) is 24.5. The van der Waals surface area contributed by atoms with Crippen LogP contribution >= 0.6 is 12.4 Å². The molecule has 0 spiro atoms. The van der Waals surface area contributed by atoms with Crippen LogP contribution in [0.2, 0.25) is 0 Å². The number of unbranched alkanes of at least 4 members (excludes halogenated alkanes) is 11. The molecule has 0 aliphatic carbocycles. The highest BCUT2D eigenvalue weighted by atomic mass is 35.5. The Morgan fingerprint density at radius 1 is 0.868 bits per heavy atom. The lowest BCUT2D eigenvalue weighted by Crippen LogP contribution is -2.31. The fourth-order valence-corrected chi connectivity index (χ4v) is 4.90. The predicted octanol–water partition coefficient (Wildman–Crippen LogP) is 7.73. The van der Waals surface area contributed by atoms with Crippen LogP contribution in [0.5, 0.6) is 0 Å². The minimum Gasteiger partial charge on any atom is -0.445 e. The summed E-state index contributed by atoms with van der Waals surface area (Å²) in [5.74, 6) is 0.359. The summed E-state index contributed by atoms with van der Waals surface area (Å²) in [7, 11) is 3.97. The van der Waals surface area contributed by atoms with Crippen LogP contribution in [-0.2, 0) is 16.1 Å². The zero-order valence-corrected chi connectivity index (χ0v) is 25.3. The third-order valence-corrected chi connectivity index (χ3v) is 7.04. The Morgan fingerprint density at radius 3 is 1.97 bits per heavy atom. The molecule has 1 aromatic carbocycles. The smallest absolute Gasteiger partial charge is 0.407 e. The van der Waals surface area contributed by atoms with E-state index in [2.05, 4.69) is 30.4 Å². The summed E-state index contributed by atoms with van der Waals surface area (Å²) < 4.78 is 5.52. The first-order chi connectivity index (χ1) is 17.9. The number of hydrogen-bond acceptors (Lipinski definition) is 4. The van der Waals surface area contributed by atoms with Gasteiger partial charge >= 0.3 is 6.09 Å². The van der Waals surface area contributed by atoms with Crippen LogP contribution in [0, 0.1) is 0 Å². The molecule has 38 heavy (non-hydrogen) atoms. The van der Waals surface area contributed by atoms with Crippen molar-refractivity contribution < 1.29 is 14.3 Å². The van der Waals surface area contributed by atoms with Gasteiger partial charge in [0.1, 0.15) is 6.61 Å². The molecule has 7 heteroatoms. The average Bonchev–Trinajstić information content (AvgIpc) is 2.86. The SMILES string of the molecule is CCCC(CCCCCCCCCCCCCCC(N)=O)c1ccccc1COC(=O)NCCN(C)C.Cl. The highest BCUT2D eigenvalue weighted by Crippen LogP contribution is 2.30. The Morgan fingerprint density at radius 2 is 1.42 bits per heavy atom. The van der Waals surface area contributed by atoms with E-state index in [1.807, 2.05) is 25.1 Å². The lowest BCUT2D eigenvalue weighted by atomic mass is 9.86. The molecule has 6 nitrogen and oxygen atoms in total. The molecule has 0 aromatic heterocycles. The second-order valence-corrected chi connectivity index (χ2v) is 10.7. The summed E-state index contributed by atoms with van der Waals surface area (Å²) in [5, 5.41) is 2.82. The van der Waals surface area contributed by atoms with Gasteiger partial charge in [-0.1, -0.05) is 108 Å². The Bertz CT molecular complexity index is 730. The third kappa shape index (κ3) is 19.3. The van der Waals surface area contributed by atoms with Crippen molar-refractivity contribution in [3.8, 4) is 0 Å². The average molecular weight is 554 g/mol. The number of nitrogens with one attached hydrogen (secondary N) is 1. The largest absolute Gasteiger partial charge is 0.445 e. The summed E-state index contributed by atoms with van der Waals surface area (Å²) >= 11 is 0. The van der Waals surface area contributed by atoms with Crippen molar-refractivity contribution in [3.63, 3.8) is 0 Å². The van der Waals surface area contributed by atoms with Crippen molar-refractivity contribution in [2.24, 2.45) is 5.73 Å². The van der Waals surface area contributed by atoms with Crippen LogP contribution in [0.3, 0.4) is 0 Å². The minimum absolute atomic E-state index is 0.